The Morgan fingerprint density at radius 3 is 2.27 bits per heavy atom. The number of nitrogens with one attached hydrogen (secondary N) is 2. The zero-order valence-electron chi connectivity index (χ0n) is 25.0. The molecule has 0 aliphatic carbocycles. The number of rotatable bonds is 11. The Morgan fingerprint density at radius 1 is 0.927 bits per heavy atom. The molecule has 0 saturated heterocycles. The lowest BCUT2D eigenvalue weighted by molar-refractivity contribution is -0.140. The lowest BCUT2D eigenvalue weighted by Gasteiger charge is -2.34. The number of carbonyl (C=O) groups is 3. The van der Waals surface area contributed by atoms with E-state index >= 15 is 0 Å². The molecular formula is C33H43N3O4S. The van der Waals surface area contributed by atoms with Crippen molar-refractivity contribution in [2.75, 3.05) is 17.6 Å². The molecule has 0 saturated carbocycles. The third-order valence-electron chi connectivity index (χ3n) is 6.88. The number of nitrogens with zero attached hydrogens (tertiary/aromatic N) is 1. The molecule has 2 N–H and O–H groups in total. The lowest BCUT2D eigenvalue weighted by atomic mass is 9.98. The molecule has 8 heteroatoms. The number of carbonyl (C=O) groups excluding carboxylic acids is 3. The Hall–Kier alpha value is -3.52. The number of unbranched alkanes of at least 4 members (excludes halogenated alkanes) is 2. The third-order valence-corrected chi connectivity index (χ3v) is 7.25. The summed E-state index contributed by atoms with van der Waals surface area (Å²) < 4.78 is 5.40. The first-order chi connectivity index (χ1) is 19.4. The topological polar surface area (TPSA) is 87.7 Å². The summed E-state index contributed by atoms with van der Waals surface area (Å²) in [6.07, 6.45) is 1.84. The molecule has 220 valence electrons. The highest BCUT2D eigenvalue weighted by Gasteiger charge is 2.36. The van der Waals surface area contributed by atoms with Crippen LogP contribution < -0.4 is 10.6 Å². The summed E-state index contributed by atoms with van der Waals surface area (Å²) >= 11 is 4.38. The van der Waals surface area contributed by atoms with Gasteiger partial charge in [-0.1, -0.05) is 68.3 Å². The SMILES string of the molecule is CCCCCN(C(=O)C(CS)NC(=O)OC(C)(C)C)C(C(=O)Nc1ccc2ccccc2c1)c1ccc(C)c(C)c1. The molecule has 0 spiro atoms. The summed E-state index contributed by atoms with van der Waals surface area (Å²) in [5.74, 6) is -0.670. The Bertz CT molecular complexity index is 1370. The molecule has 0 aromatic heterocycles. The summed E-state index contributed by atoms with van der Waals surface area (Å²) in [5.41, 5.74) is 2.72. The van der Waals surface area contributed by atoms with Gasteiger partial charge in [0.05, 0.1) is 0 Å². The average molecular weight is 578 g/mol. The minimum absolute atomic E-state index is 0.0499. The molecule has 3 rings (SSSR count). The van der Waals surface area contributed by atoms with Crippen LogP contribution in [0.1, 0.15) is 69.7 Å². The summed E-state index contributed by atoms with van der Waals surface area (Å²) in [5, 5.41) is 7.79. The van der Waals surface area contributed by atoms with Crippen molar-refractivity contribution >= 4 is 47.0 Å². The Labute approximate surface area is 249 Å². The minimum Gasteiger partial charge on any atom is -0.444 e. The zero-order chi connectivity index (χ0) is 30.2. The highest BCUT2D eigenvalue weighted by Crippen LogP contribution is 2.28. The number of fused-ring (bicyclic) bond motifs is 1. The van der Waals surface area contributed by atoms with Crippen LogP contribution in [0.2, 0.25) is 0 Å². The average Bonchev–Trinajstić information content (AvgIpc) is 2.91. The second-order valence-corrected chi connectivity index (χ2v) is 11.8. The largest absolute Gasteiger partial charge is 0.444 e. The Morgan fingerprint density at radius 2 is 1.63 bits per heavy atom. The standard InChI is InChI=1S/C33H43N3O4S/c1-7-8-11-18-36(31(38)28(21-41)35-32(39)40-33(4,5)6)29(26-15-14-22(2)23(3)19-26)30(37)34-27-17-16-24-12-9-10-13-25(24)20-27/h9-10,12-17,19-20,28-29,41H,7-8,11,18,21H2,1-6H3,(H,34,37)(H,35,39). The number of benzene rings is 3. The first-order valence-electron chi connectivity index (χ1n) is 14.2. The van der Waals surface area contributed by atoms with Crippen molar-refractivity contribution in [2.45, 2.75) is 78.5 Å². The van der Waals surface area contributed by atoms with Crippen LogP contribution in [-0.4, -0.2) is 46.7 Å². The quantitative estimate of drug-likeness (QED) is 0.170. The smallest absolute Gasteiger partial charge is 0.408 e. The predicted molar refractivity (Wildman–Crippen MR) is 169 cm³/mol. The molecule has 3 aromatic carbocycles. The fraction of sp³-hybridized carbons (Fsp3) is 0.424. The maximum atomic E-state index is 14.1. The van der Waals surface area contributed by atoms with Gasteiger partial charge in [0.15, 0.2) is 0 Å². The molecule has 0 aliphatic heterocycles. The molecule has 2 unspecified atom stereocenters. The summed E-state index contributed by atoms with van der Waals surface area (Å²) in [4.78, 5) is 42.4. The lowest BCUT2D eigenvalue weighted by Crippen LogP contribution is -2.53. The molecule has 41 heavy (non-hydrogen) atoms. The molecule has 0 bridgehead atoms. The van der Waals surface area contributed by atoms with Gasteiger partial charge >= 0.3 is 6.09 Å². The first kappa shape index (κ1) is 32.0. The fourth-order valence-corrected chi connectivity index (χ4v) is 4.87. The van der Waals surface area contributed by atoms with Gasteiger partial charge < -0.3 is 20.3 Å². The molecule has 0 aliphatic rings. The van der Waals surface area contributed by atoms with Crippen LogP contribution in [0.4, 0.5) is 10.5 Å². The van der Waals surface area contributed by atoms with E-state index in [1.54, 1.807) is 25.7 Å². The van der Waals surface area contributed by atoms with E-state index in [4.69, 9.17) is 4.74 Å². The van der Waals surface area contributed by atoms with Crippen molar-refractivity contribution in [1.29, 1.82) is 0 Å². The summed E-state index contributed by atoms with van der Waals surface area (Å²) in [6, 6.07) is 17.6. The van der Waals surface area contributed by atoms with Gasteiger partial charge in [0.1, 0.15) is 17.7 Å². The number of amides is 3. The number of thiol groups is 1. The van der Waals surface area contributed by atoms with Crippen molar-refractivity contribution in [2.24, 2.45) is 0 Å². The van der Waals surface area contributed by atoms with Gasteiger partial charge in [0.25, 0.3) is 5.91 Å². The van der Waals surface area contributed by atoms with E-state index in [0.717, 1.165) is 34.7 Å². The second kappa shape index (κ2) is 14.4. The summed E-state index contributed by atoms with van der Waals surface area (Å²) in [6.45, 7) is 11.7. The van der Waals surface area contributed by atoms with Crippen LogP contribution >= 0.6 is 12.6 Å². The molecule has 0 fully saturated rings. The number of ether oxygens (including phenoxy) is 1. The third kappa shape index (κ3) is 8.98. The van der Waals surface area contributed by atoms with Crippen molar-refractivity contribution in [3.8, 4) is 0 Å². The van der Waals surface area contributed by atoms with Gasteiger partial charge in [-0.3, -0.25) is 9.59 Å². The first-order valence-corrected chi connectivity index (χ1v) is 14.8. The highest BCUT2D eigenvalue weighted by molar-refractivity contribution is 7.80. The molecule has 2 atom stereocenters. The summed E-state index contributed by atoms with van der Waals surface area (Å²) in [7, 11) is 0. The Balaban J connectivity index is 2.02. The van der Waals surface area contributed by atoms with E-state index in [1.165, 1.54) is 0 Å². The van der Waals surface area contributed by atoms with E-state index in [-0.39, 0.29) is 17.6 Å². The van der Waals surface area contributed by atoms with E-state index in [1.807, 2.05) is 74.5 Å². The molecule has 7 nitrogen and oxygen atoms in total. The van der Waals surface area contributed by atoms with Crippen LogP contribution in [0.15, 0.2) is 60.7 Å². The molecule has 3 aromatic rings. The number of alkyl carbamates (subject to hydrolysis) is 1. The monoisotopic (exact) mass is 577 g/mol. The van der Waals surface area contributed by atoms with Crippen LogP contribution in [0.3, 0.4) is 0 Å². The zero-order valence-corrected chi connectivity index (χ0v) is 25.9. The van der Waals surface area contributed by atoms with Crippen LogP contribution in [0.5, 0.6) is 0 Å². The van der Waals surface area contributed by atoms with Gasteiger partial charge in [0.2, 0.25) is 5.91 Å². The number of anilines is 1. The molecule has 0 heterocycles. The van der Waals surface area contributed by atoms with E-state index in [0.29, 0.717) is 24.2 Å². The second-order valence-electron chi connectivity index (χ2n) is 11.4. The van der Waals surface area contributed by atoms with Crippen molar-refractivity contribution in [3.05, 3.63) is 77.4 Å². The Kier molecular flexibility index (Phi) is 11.2. The minimum atomic E-state index is -0.975. The van der Waals surface area contributed by atoms with E-state index in [2.05, 4.69) is 30.2 Å². The maximum Gasteiger partial charge on any atom is 0.408 e. The van der Waals surface area contributed by atoms with E-state index < -0.39 is 23.8 Å². The van der Waals surface area contributed by atoms with Crippen LogP contribution in [0, 0.1) is 13.8 Å². The van der Waals surface area contributed by atoms with Crippen molar-refractivity contribution in [3.63, 3.8) is 0 Å². The molecule has 3 amide bonds. The normalized spacial score (nSPS) is 12.9. The van der Waals surface area contributed by atoms with E-state index in [9.17, 15) is 14.4 Å². The molecule has 0 radical (unpaired) electrons. The predicted octanol–water partition coefficient (Wildman–Crippen LogP) is 6.98. The number of hydrogen-bond acceptors (Lipinski definition) is 5. The maximum absolute atomic E-state index is 14.1. The van der Waals surface area contributed by atoms with Gasteiger partial charge in [-0.05, 0) is 80.6 Å². The van der Waals surface area contributed by atoms with Crippen molar-refractivity contribution in [1.82, 2.24) is 10.2 Å². The van der Waals surface area contributed by atoms with Gasteiger partial charge in [-0.15, -0.1) is 0 Å². The van der Waals surface area contributed by atoms with Gasteiger partial charge in [-0.25, -0.2) is 4.79 Å². The molecular weight excluding hydrogens is 534 g/mol. The van der Waals surface area contributed by atoms with Gasteiger partial charge in [-0.2, -0.15) is 12.6 Å². The highest BCUT2D eigenvalue weighted by atomic mass is 32.1. The fourth-order valence-electron chi connectivity index (χ4n) is 4.62. The van der Waals surface area contributed by atoms with Crippen LogP contribution in [0.25, 0.3) is 10.8 Å². The van der Waals surface area contributed by atoms with Crippen molar-refractivity contribution < 1.29 is 19.1 Å². The number of aryl methyl sites for hydroxylation is 2. The van der Waals surface area contributed by atoms with Crippen LogP contribution in [-0.2, 0) is 14.3 Å². The number of hydrogen-bond donors (Lipinski definition) is 3. The van der Waals surface area contributed by atoms with Gasteiger partial charge in [0, 0.05) is 18.0 Å².